The van der Waals surface area contributed by atoms with Crippen LogP contribution in [0.3, 0.4) is 0 Å². The van der Waals surface area contributed by atoms with Gasteiger partial charge in [0.25, 0.3) is 0 Å². The fraction of sp³-hybridized carbons (Fsp3) is 0.412. The first-order chi connectivity index (χ1) is 10.2. The van der Waals surface area contributed by atoms with Crippen molar-refractivity contribution >= 4 is 16.7 Å². The summed E-state index contributed by atoms with van der Waals surface area (Å²) >= 11 is 0. The molecule has 0 unspecified atom stereocenters. The van der Waals surface area contributed by atoms with Crippen LogP contribution in [0.1, 0.15) is 36.8 Å². The van der Waals surface area contributed by atoms with E-state index in [0.717, 1.165) is 42.6 Å². The van der Waals surface area contributed by atoms with Gasteiger partial charge in [-0.05, 0) is 37.5 Å². The Bertz CT molecular complexity index is 763. The third-order valence-corrected chi connectivity index (χ3v) is 4.07. The minimum absolute atomic E-state index is 0.133. The summed E-state index contributed by atoms with van der Waals surface area (Å²) in [5.41, 5.74) is 1.96. The molecule has 1 aliphatic rings. The Morgan fingerprint density at radius 2 is 1.90 bits per heavy atom. The monoisotopic (exact) mass is 282 g/mol. The second kappa shape index (κ2) is 5.61. The molecule has 0 bridgehead atoms. The van der Waals surface area contributed by atoms with Gasteiger partial charge < -0.3 is 9.32 Å². The van der Waals surface area contributed by atoms with E-state index in [-0.39, 0.29) is 5.56 Å². The zero-order valence-electron chi connectivity index (χ0n) is 12.2. The van der Waals surface area contributed by atoms with Crippen molar-refractivity contribution in [2.45, 2.75) is 32.6 Å². The van der Waals surface area contributed by atoms with E-state index in [2.05, 4.69) is 4.90 Å². The Hall–Kier alpha value is -2.28. The van der Waals surface area contributed by atoms with Gasteiger partial charge in [-0.3, -0.25) is 0 Å². The number of hydrogen-bond acceptors (Lipinski definition) is 4. The van der Waals surface area contributed by atoms with Crippen LogP contribution in [-0.4, -0.2) is 13.1 Å². The fourth-order valence-electron chi connectivity index (χ4n) is 3.01. The largest absolute Gasteiger partial charge is 0.422 e. The van der Waals surface area contributed by atoms with Crippen LogP contribution in [0.25, 0.3) is 11.0 Å². The molecule has 0 amide bonds. The van der Waals surface area contributed by atoms with E-state index < -0.39 is 5.63 Å². The maximum Gasteiger partial charge on any atom is 0.356 e. The highest BCUT2D eigenvalue weighted by molar-refractivity contribution is 5.93. The lowest BCUT2D eigenvalue weighted by atomic mass is 10.1. The van der Waals surface area contributed by atoms with Crippen LogP contribution in [0.2, 0.25) is 0 Å². The standard InChI is InChI=1S/C17H18N2O2/c1-12-6-7-13-15(10-12)21-17(20)14(11-18)16(13)19-8-4-2-3-5-9-19/h6-7,10H,2-5,8-9H2,1H3. The van der Waals surface area contributed by atoms with Gasteiger partial charge in [-0.1, -0.05) is 18.9 Å². The zero-order valence-corrected chi connectivity index (χ0v) is 12.2. The van der Waals surface area contributed by atoms with Crippen LogP contribution >= 0.6 is 0 Å². The minimum Gasteiger partial charge on any atom is -0.422 e. The van der Waals surface area contributed by atoms with Crippen molar-refractivity contribution in [1.29, 1.82) is 5.26 Å². The third kappa shape index (κ3) is 2.52. The third-order valence-electron chi connectivity index (χ3n) is 4.07. The number of benzene rings is 1. The van der Waals surface area contributed by atoms with Crippen molar-refractivity contribution in [3.8, 4) is 6.07 Å². The molecule has 4 heteroatoms. The summed E-state index contributed by atoms with van der Waals surface area (Å²) in [6.07, 6.45) is 4.60. The Morgan fingerprint density at radius 3 is 2.57 bits per heavy atom. The number of fused-ring (bicyclic) bond motifs is 1. The molecule has 2 aromatic rings. The van der Waals surface area contributed by atoms with Gasteiger partial charge in [0.2, 0.25) is 0 Å². The van der Waals surface area contributed by atoms with E-state index in [9.17, 15) is 10.1 Å². The normalized spacial score (nSPS) is 15.7. The molecule has 1 aliphatic heterocycles. The van der Waals surface area contributed by atoms with Gasteiger partial charge in [0, 0.05) is 18.5 Å². The summed E-state index contributed by atoms with van der Waals surface area (Å²) in [6, 6.07) is 7.84. The second-order valence-electron chi connectivity index (χ2n) is 5.63. The van der Waals surface area contributed by atoms with Gasteiger partial charge in [0.15, 0.2) is 5.56 Å². The van der Waals surface area contributed by atoms with Crippen LogP contribution in [0, 0.1) is 18.3 Å². The highest BCUT2D eigenvalue weighted by atomic mass is 16.4. The van der Waals surface area contributed by atoms with Crippen LogP contribution in [0.4, 0.5) is 5.69 Å². The minimum atomic E-state index is -0.533. The summed E-state index contributed by atoms with van der Waals surface area (Å²) in [7, 11) is 0. The van der Waals surface area contributed by atoms with Crippen LogP contribution in [0.15, 0.2) is 27.4 Å². The number of nitrogens with zero attached hydrogens (tertiary/aromatic N) is 2. The highest BCUT2D eigenvalue weighted by Gasteiger charge is 2.21. The van der Waals surface area contributed by atoms with E-state index in [4.69, 9.17) is 4.42 Å². The van der Waals surface area contributed by atoms with E-state index in [1.165, 1.54) is 12.8 Å². The lowest BCUT2D eigenvalue weighted by Crippen LogP contribution is -2.27. The number of aryl methyl sites for hydroxylation is 1. The number of nitriles is 1. The van der Waals surface area contributed by atoms with Gasteiger partial charge in [-0.25, -0.2) is 4.79 Å². The maximum atomic E-state index is 12.1. The van der Waals surface area contributed by atoms with Crippen molar-refractivity contribution in [2.75, 3.05) is 18.0 Å². The smallest absolute Gasteiger partial charge is 0.356 e. The molecule has 21 heavy (non-hydrogen) atoms. The van der Waals surface area contributed by atoms with Gasteiger partial charge in [-0.2, -0.15) is 5.26 Å². The molecule has 3 rings (SSSR count). The number of anilines is 1. The van der Waals surface area contributed by atoms with Crippen LogP contribution in [0.5, 0.6) is 0 Å². The number of rotatable bonds is 1. The van der Waals surface area contributed by atoms with E-state index in [1.807, 2.05) is 31.2 Å². The van der Waals surface area contributed by atoms with Crippen molar-refractivity contribution in [1.82, 2.24) is 0 Å². The molecule has 0 N–H and O–H groups in total. The molecule has 0 spiro atoms. The molecule has 2 heterocycles. The van der Waals surface area contributed by atoms with Gasteiger partial charge in [0.1, 0.15) is 11.7 Å². The van der Waals surface area contributed by atoms with E-state index in [1.54, 1.807) is 0 Å². The Morgan fingerprint density at radius 1 is 1.19 bits per heavy atom. The van der Waals surface area contributed by atoms with Gasteiger partial charge in [-0.15, -0.1) is 0 Å². The molecule has 1 saturated heterocycles. The average molecular weight is 282 g/mol. The number of hydrogen-bond donors (Lipinski definition) is 0. The summed E-state index contributed by atoms with van der Waals surface area (Å²) in [6.45, 7) is 3.74. The summed E-state index contributed by atoms with van der Waals surface area (Å²) in [4.78, 5) is 14.3. The predicted octanol–water partition coefficient (Wildman–Crippen LogP) is 3.35. The molecule has 1 aromatic heterocycles. The fourth-order valence-corrected chi connectivity index (χ4v) is 3.01. The molecule has 1 aromatic carbocycles. The lowest BCUT2D eigenvalue weighted by Gasteiger charge is -2.24. The Balaban J connectivity index is 2.27. The zero-order chi connectivity index (χ0) is 14.8. The molecule has 0 saturated carbocycles. The SMILES string of the molecule is Cc1ccc2c(N3CCCCCC3)c(C#N)c(=O)oc2c1. The summed E-state index contributed by atoms with van der Waals surface area (Å²) in [5.74, 6) is 0. The molecule has 0 atom stereocenters. The highest BCUT2D eigenvalue weighted by Crippen LogP contribution is 2.30. The quantitative estimate of drug-likeness (QED) is 0.753. The first-order valence-corrected chi connectivity index (χ1v) is 7.43. The topological polar surface area (TPSA) is 57.2 Å². The molecule has 4 nitrogen and oxygen atoms in total. The van der Waals surface area contributed by atoms with Crippen molar-refractivity contribution < 1.29 is 4.42 Å². The maximum absolute atomic E-state index is 12.1. The summed E-state index contributed by atoms with van der Waals surface area (Å²) in [5, 5.41) is 10.2. The van der Waals surface area contributed by atoms with Gasteiger partial charge >= 0.3 is 5.63 Å². The first kappa shape index (κ1) is 13.7. The molecular weight excluding hydrogens is 264 g/mol. The van der Waals surface area contributed by atoms with Crippen molar-refractivity contribution in [3.05, 3.63) is 39.7 Å². The van der Waals surface area contributed by atoms with Gasteiger partial charge in [0.05, 0.1) is 5.69 Å². The average Bonchev–Trinajstić information content (AvgIpc) is 2.74. The predicted molar refractivity (Wildman–Crippen MR) is 82.6 cm³/mol. The van der Waals surface area contributed by atoms with E-state index >= 15 is 0 Å². The molecule has 0 aliphatic carbocycles. The lowest BCUT2D eigenvalue weighted by molar-refractivity contribution is 0.557. The van der Waals surface area contributed by atoms with E-state index in [0.29, 0.717) is 5.58 Å². The van der Waals surface area contributed by atoms with Crippen molar-refractivity contribution in [3.63, 3.8) is 0 Å². The van der Waals surface area contributed by atoms with Crippen LogP contribution < -0.4 is 10.5 Å². The molecular formula is C17H18N2O2. The Labute approximate surface area is 123 Å². The Kier molecular flexibility index (Phi) is 3.66. The second-order valence-corrected chi connectivity index (χ2v) is 5.63. The molecule has 108 valence electrons. The molecule has 0 radical (unpaired) electrons. The van der Waals surface area contributed by atoms with Crippen LogP contribution in [-0.2, 0) is 0 Å². The first-order valence-electron chi connectivity index (χ1n) is 7.43. The summed E-state index contributed by atoms with van der Waals surface area (Å²) < 4.78 is 5.32. The van der Waals surface area contributed by atoms with Crippen molar-refractivity contribution in [2.24, 2.45) is 0 Å². The molecule has 1 fully saturated rings.